The first-order valence-corrected chi connectivity index (χ1v) is 12.8. The molecule has 0 saturated carbocycles. The number of hydrogen-bond acceptors (Lipinski definition) is 4. The van der Waals surface area contributed by atoms with Gasteiger partial charge in [-0.2, -0.15) is 0 Å². The molecule has 0 fully saturated rings. The summed E-state index contributed by atoms with van der Waals surface area (Å²) in [6.07, 6.45) is 4.68. The Morgan fingerprint density at radius 2 is 1.74 bits per heavy atom. The maximum absolute atomic E-state index is 13.6. The molecule has 6 nitrogen and oxygen atoms in total. The molecule has 180 valence electrons. The van der Waals surface area contributed by atoms with Crippen LogP contribution in [0.4, 0.5) is 10.1 Å². The highest BCUT2D eigenvalue weighted by Gasteiger charge is 2.26. The molecule has 1 N–H and O–H groups in total. The summed E-state index contributed by atoms with van der Waals surface area (Å²) in [6.45, 7) is 1.95. The summed E-state index contributed by atoms with van der Waals surface area (Å²) in [5.41, 5.74) is 2.99. The largest absolute Gasteiger partial charge is 0.455 e. The molecule has 3 aromatic carbocycles. The van der Waals surface area contributed by atoms with Crippen LogP contribution in [0.25, 0.3) is 33.4 Å². The molecule has 8 heteroatoms. The molecule has 1 aromatic heterocycles. The highest BCUT2D eigenvalue weighted by atomic mass is 32.2. The van der Waals surface area contributed by atoms with E-state index in [-0.39, 0.29) is 23.8 Å². The minimum Gasteiger partial charge on any atom is -0.455 e. The second-order valence-electron chi connectivity index (χ2n) is 7.99. The minimum atomic E-state index is -3.65. The van der Waals surface area contributed by atoms with Gasteiger partial charge in [0.1, 0.15) is 17.2 Å². The molecule has 1 heterocycles. The number of furan rings is 1. The van der Waals surface area contributed by atoms with Gasteiger partial charge in [0.25, 0.3) is 5.91 Å². The third-order valence-corrected chi connectivity index (χ3v) is 6.77. The van der Waals surface area contributed by atoms with Crippen molar-refractivity contribution in [2.24, 2.45) is 0 Å². The number of carbonyl (C=O) groups is 1. The fraction of sp³-hybridized carbons (Fsp3) is 0.148. The van der Waals surface area contributed by atoms with Gasteiger partial charge in [0.15, 0.2) is 0 Å². The zero-order chi connectivity index (χ0) is 25.2. The number of nitrogens with zero attached hydrogens (tertiary/aromatic N) is 1. The molecule has 0 atom stereocenters. The van der Waals surface area contributed by atoms with E-state index in [1.54, 1.807) is 24.3 Å². The van der Waals surface area contributed by atoms with E-state index in [1.807, 2.05) is 37.3 Å². The Morgan fingerprint density at radius 1 is 1.06 bits per heavy atom. The normalized spacial score (nSPS) is 11.8. The lowest BCUT2D eigenvalue weighted by atomic mass is 9.98. The summed E-state index contributed by atoms with van der Waals surface area (Å²) in [7, 11) is -2.13. The van der Waals surface area contributed by atoms with Crippen molar-refractivity contribution in [1.29, 1.82) is 0 Å². The summed E-state index contributed by atoms with van der Waals surface area (Å²) in [5.74, 6) is -0.508. The molecule has 0 spiro atoms. The van der Waals surface area contributed by atoms with Gasteiger partial charge < -0.3 is 9.73 Å². The standard InChI is InChI=1S/C27H25FN2O4S/c1-4-5-15-30(35(3,32)33)23-17-24-22(16-21(23)18-9-7-6-8-10-18)25(27(31)29-2)26(34-24)19-11-13-20(28)14-12-19/h4-14,16-17H,15H2,1-3H3,(H,29,31). The number of hydrogen-bond donors (Lipinski definition) is 1. The number of rotatable bonds is 7. The van der Waals surface area contributed by atoms with Gasteiger partial charge in [0.2, 0.25) is 10.0 Å². The lowest BCUT2D eigenvalue weighted by molar-refractivity contribution is 0.0964. The number of allylic oxidation sites excluding steroid dienone is 1. The Balaban J connectivity index is 2.08. The Bertz CT molecular complexity index is 1510. The van der Waals surface area contributed by atoms with Crippen LogP contribution in [-0.2, 0) is 10.0 Å². The van der Waals surface area contributed by atoms with E-state index >= 15 is 0 Å². The topological polar surface area (TPSA) is 79.6 Å². The molecule has 0 aliphatic heterocycles. The SMILES string of the molecule is CC=CCN(c1cc2oc(-c3ccc(F)cc3)c(C(=O)NC)c2cc1-c1ccccc1)S(C)(=O)=O. The quantitative estimate of drug-likeness (QED) is 0.340. The molecule has 4 aromatic rings. The van der Waals surface area contributed by atoms with Gasteiger partial charge in [0, 0.05) is 29.6 Å². The molecule has 0 unspecified atom stereocenters. The van der Waals surface area contributed by atoms with Crippen molar-refractivity contribution in [1.82, 2.24) is 5.32 Å². The van der Waals surface area contributed by atoms with Crippen LogP contribution in [0.15, 0.2) is 83.3 Å². The van der Waals surface area contributed by atoms with Crippen molar-refractivity contribution in [2.45, 2.75) is 6.92 Å². The van der Waals surface area contributed by atoms with Crippen LogP contribution in [0.5, 0.6) is 0 Å². The molecular formula is C27H25FN2O4S. The van der Waals surface area contributed by atoms with E-state index in [9.17, 15) is 17.6 Å². The molecule has 0 bridgehead atoms. The zero-order valence-corrected chi connectivity index (χ0v) is 20.4. The summed E-state index contributed by atoms with van der Waals surface area (Å²) < 4.78 is 46.6. The van der Waals surface area contributed by atoms with Gasteiger partial charge in [0.05, 0.1) is 24.1 Å². The van der Waals surface area contributed by atoms with Crippen molar-refractivity contribution in [2.75, 3.05) is 24.2 Å². The fourth-order valence-electron chi connectivity index (χ4n) is 3.96. The van der Waals surface area contributed by atoms with E-state index in [0.717, 1.165) is 11.8 Å². The van der Waals surface area contributed by atoms with Crippen molar-refractivity contribution >= 4 is 32.6 Å². The predicted octanol–water partition coefficient (Wildman–Crippen LogP) is 5.61. The average molecular weight is 493 g/mol. The van der Waals surface area contributed by atoms with Crippen molar-refractivity contribution in [3.63, 3.8) is 0 Å². The summed E-state index contributed by atoms with van der Waals surface area (Å²) in [4.78, 5) is 13.0. The minimum absolute atomic E-state index is 0.133. The van der Waals surface area contributed by atoms with Gasteiger partial charge >= 0.3 is 0 Å². The van der Waals surface area contributed by atoms with E-state index in [0.29, 0.717) is 27.8 Å². The van der Waals surface area contributed by atoms with Gasteiger partial charge in [-0.15, -0.1) is 0 Å². The van der Waals surface area contributed by atoms with Gasteiger partial charge in [-0.3, -0.25) is 9.10 Å². The highest BCUT2D eigenvalue weighted by molar-refractivity contribution is 7.92. The monoisotopic (exact) mass is 492 g/mol. The molecule has 0 aliphatic rings. The lowest BCUT2D eigenvalue weighted by Crippen LogP contribution is -2.30. The first-order chi connectivity index (χ1) is 16.7. The number of nitrogens with one attached hydrogen (secondary N) is 1. The smallest absolute Gasteiger partial charge is 0.255 e. The molecule has 35 heavy (non-hydrogen) atoms. The van der Waals surface area contributed by atoms with Crippen LogP contribution in [0, 0.1) is 5.82 Å². The number of fused-ring (bicyclic) bond motifs is 1. The van der Waals surface area contributed by atoms with Crippen LogP contribution in [-0.4, -0.2) is 34.2 Å². The Labute approximate surface area is 203 Å². The molecule has 0 aliphatic carbocycles. The van der Waals surface area contributed by atoms with Gasteiger partial charge in [-0.25, -0.2) is 12.8 Å². The third kappa shape index (κ3) is 4.83. The maximum Gasteiger partial charge on any atom is 0.255 e. The van der Waals surface area contributed by atoms with Crippen LogP contribution in [0.1, 0.15) is 17.3 Å². The first-order valence-electron chi connectivity index (χ1n) is 11.0. The number of carbonyl (C=O) groups excluding carboxylic acids is 1. The summed E-state index contributed by atoms with van der Waals surface area (Å²) in [5, 5.41) is 3.16. The number of amides is 1. The maximum atomic E-state index is 13.6. The van der Waals surface area contributed by atoms with Crippen molar-refractivity contribution < 1.29 is 22.0 Å². The number of anilines is 1. The number of sulfonamides is 1. The second kappa shape index (κ2) is 9.76. The van der Waals surface area contributed by atoms with Crippen LogP contribution >= 0.6 is 0 Å². The Morgan fingerprint density at radius 3 is 2.34 bits per heavy atom. The Hall–Kier alpha value is -3.91. The van der Waals surface area contributed by atoms with E-state index in [2.05, 4.69) is 5.32 Å². The van der Waals surface area contributed by atoms with Crippen LogP contribution in [0.2, 0.25) is 0 Å². The van der Waals surface area contributed by atoms with Gasteiger partial charge in [-0.1, -0.05) is 42.5 Å². The first kappa shape index (κ1) is 24.2. The zero-order valence-electron chi connectivity index (χ0n) is 19.6. The van der Waals surface area contributed by atoms with E-state index < -0.39 is 15.8 Å². The van der Waals surface area contributed by atoms with Crippen molar-refractivity contribution in [3.8, 4) is 22.5 Å². The Kier molecular flexibility index (Phi) is 6.75. The summed E-state index contributed by atoms with van der Waals surface area (Å²) in [6, 6.07) is 18.4. The third-order valence-electron chi connectivity index (χ3n) is 5.63. The fourth-order valence-corrected chi connectivity index (χ4v) is 4.82. The molecule has 4 rings (SSSR count). The predicted molar refractivity (Wildman–Crippen MR) is 137 cm³/mol. The molecule has 1 amide bonds. The van der Waals surface area contributed by atoms with E-state index in [1.165, 1.54) is 35.6 Å². The second-order valence-corrected chi connectivity index (χ2v) is 9.89. The van der Waals surface area contributed by atoms with Gasteiger partial charge in [-0.05, 0) is 42.8 Å². The van der Waals surface area contributed by atoms with Crippen LogP contribution in [0.3, 0.4) is 0 Å². The van der Waals surface area contributed by atoms with Crippen molar-refractivity contribution in [3.05, 3.63) is 90.3 Å². The highest BCUT2D eigenvalue weighted by Crippen LogP contribution is 2.41. The van der Waals surface area contributed by atoms with E-state index in [4.69, 9.17) is 4.42 Å². The average Bonchev–Trinajstić information content (AvgIpc) is 3.22. The number of halogens is 1. The lowest BCUT2D eigenvalue weighted by Gasteiger charge is -2.24. The molecule has 0 saturated heterocycles. The molecular weight excluding hydrogens is 467 g/mol. The number of benzene rings is 3. The summed E-state index contributed by atoms with van der Waals surface area (Å²) >= 11 is 0. The van der Waals surface area contributed by atoms with Crippen LogP contribution < -0.4 is 9.62 Å². The molecule has 0 radical (unpaired) electrons.